The highest BCUT2D eigenvalue weighted by Gasteiger charge is 2.41. The summed E-state index contributed by atoms with van der Waals surface area (Å²) in [7, 11) is 0. The Kier molecular flexibility index (Phi) is 2.29. The third-order valence-corrected chi connectivity index (χ3v) is 4.65. The van der Waals surface area contributed by atoms with Gasteiger partial charge in [0, 0.05) is 12.1 Å². The minimum atomic E-state index is -0.0610. The zero-order chi connectivity index (χ0) is 9.54. The summed E-state index contributed by atoms with van der Waals surface area (Å²) in [6, 6.07) is 1.16. The van der Waals surface area contributed by atoms with Crippen LogP contribution in [-0.2, 0) is 0 Å². The van der Waals surface area contributed by atoms with Crippen molar-refractivity contribution in [2.24, 2.45) is 11.8 Å². The number of hydrogen-bond acceptors (Lipinski definition) is 2. The first-order valence-electron chi connectivity index (χ1n) is 6.27. The van der Waals surface area contributed by atoms with Crippen molar-refractivity contribution in [1.29, 1.82) is 0 Å². The van der Waals surface area contributed by atoms with E-state index in [1.165, 1.54) is 38.5 Å². The maximum absolute atomic E-state index is 9.76. The van der Waals surface area contributed by atoms with E-state index in [1.54, 1.807) is 0 Å². The number of fused-ring (bicyclic) bond motifs is 2. The van der Waals surface area contributed by atoms with E-state index in [0.717, 1.165) is 24.3 Å². The lowest BCUT2D eigenvalue weighted by Gasteiger charge is -2.28. The number of rotatable bonds is 2. The molecule has 0 amide bonds. The van der Waals surface area contributed by atoms with Crippen molar-refractivity contribution in [3.8, 4) is 0 Å². The van der Waals surface area contributed by atoms with Crippen molar-refractivity contribution >= 4 is 0 Å². The Morgan fingerprint density at radius 3 is 2.43 bits per heavy atom. The zero-order valence-electron chi connectivity index (χ0n) is 8.78. The van der Waals surface area contributed by atoms with Gasteiger partial charge >= 0.3 is 0 Å². The first-order chi connectivity index (χ1) is 6.83. The van der Waals surface area contributed by atoms with Gasteiger partial charge in [-0.05, 0) is 50.4 Å². The van der Waals surface area contributed by atoms with E-state index in [0.29, 0.717) is 6.04 Å². The largest absolute Gasteiger partial charge is 0.392 e. The van der Waals surface area contributed by atoms with Crippen LogP contribution in [0, 0.1) is 11.8 Å². The molecule has 0 heterocycles. The molecule has 3 aliphatic carbocycles. The van der Waals surface area contributed by atoms with Gasteiger partial charge in [-0.1, -0.05) is 6.42 Å². The van der Waals surface area contributed by atoms with Gasteiger partial charge in [-0.15, -0.1) is 0 Å². The number of aliphatic hydroxyl groups excluding tert-OH is 1. The highest BCUT2D eigenvalue weighted by molar-refractivity contribution is 4.97. The molecule has 0 aromatic carbocycles. The monoisotopic (exact) mass is 195 g/mol. The fourth-order valence-corrected chi connectivity index (χ4v) is 3.86. The fourth-order valence-electron chi connectivity index (χ4n) is 3.86. The van der Waals surface area contributed by atoms with Gasteiger partial charge in [-0.25, -0.2) is 0 Å². The van der Waals surface area contributed by atoms with Gasteiger partial charge in [0.2, 0.25) is 0 Å². The van der Waals surface area contributed by atoms with Gasteiger partial charge in [0.15, 0.2) is 0 Å². The SMILES string of the molecule is O[C@H]1CCC[C@@H]1NC1CC2CCC1C2. The molecular formula is C12H21NO. The molecule has 80 valence electrons. The van der Waals surface area contributed by atoms with Crippen molar-refractivity contribution in [2.75, 3.05) is 0 Å². The highest BCUT2D eigenvalue weighted by Crippen LogP contribution is 2.44. The van der Waals surface area contributed by atoms with E-state index in [9.17, 15) is 5.11 Å². The lowest BCUT2D eigenvalue weighted by Crippen LogP contribution is -2.44. The Labute approximate surface area is 86.1 Å². The molecule has 0 aromatic heterocycles. The molecule has 0 aromatic rings. The van der Waals surface area contributed by atoms with Crippen LogP contribution in [0.2, 0.25) is 0 Å². The summed E-state index contributed by atoms with van der Waals surface area (Å²) in [5.74, 6) is 1.95. The van der Waals surface area contributed by atoms with E-state index < -0.39 is 0 Å². The third-order valence-electron chi connectivity index (χ3n) is 4.65. The Hall–Kier alpha value is -0.0800. The fraction of sp³-hybridized carbons (Fsp3) is 1.00. The smallest absolute Gasteiger partial charge is 0.0693 e. The molecule has 3 unspecified atom stereocenters. The van der Waals surface area contributed by atoms with Crippen LogP contribution in [0.5, 0.6) is 0 Å². The molecule has 3 fully saturated rings. The van der Waals surface area contributed by atoms with E-state index >= 15 is 0 Å². The van der Waals surface area contributed by atoms with Gasteiger partial charge in [-0.3, -0.25) is 0 Å². The molecule has 0 saturated heterocycles. The van der Waals surface area contributed by atoms with Crippen LogP contribution in [0.3, 0.4) is 0 Å². The van der Waals surface area contributed by atoms with Crippen LogP contribution in [0.15, 0.2) is 0 Å². The molecule has 2 nitrogen and oxygen atoms in total. The third kappa shape index (κ3) is 1.49. The van der Waals surface area contributed by atoms with Crippen LogP contribution in [0.25, 0.3) is 0 Å². The highest BCUT2D eigenvalue weighted by atomic mass is 16.3. The van der Waals surface area contributed by atoms with Crippen LogP contribution >= 0.6 is 0 Å². The predicted molar refractivity (Wildman–Crippen MR) is 56.0 cm³/mol. The van der Waals surface area contributed by atoms with Crippen LogP contribution in [-0.4, -0.2) is 23.3 Å². The molecule has 2 bridgehead atoms. The molecule has 3 aliphatic rings. The van der Waals surface area contributed by atoms with E-state index in [2.05, 4.69) is 5.32 Å². The molecular weight excluding hydrogens is 174 g/mol. The average molecular weight is 195 g/mol. The van der Waals surface area contributed by atoms with E-state index in [1.807, 2.05) is 0 Å². The summed E-state index contributed by atoms with van der Waals surface area (Å²) in [6.45, 7) is 0. The summed E-state index contributed by atoms with van der Waals surface area (Å²) in [6.07, 6.45) is 9.09. The Morgan fingerprint density at radius 2 is 1.86 bits per heavy atom. The number of aliphatic hydroxyl groups is 1. The second-order valence-corrected chi connectivity index (χ2v) is 5.55. The maximum Gasteiger partial charge on any atom is 0.0693 e. The summed E-state index contributed by atoms with van der Waals surface area (Å²) < 4.78 is 0. The van der Waals surface area contributed by atoms with Gasteiger partial charge in [0.05, 0.1) is 6.10 Å². The van der Waals surface area contributed by atoms with Gasteiger partial charge in [0.25, 0.3) is 0 Å². The molecule has 2 heteroatoms. The maximum atomic E-state index is 9.76. The van der Waals surface area contributed by atoms with Crippen molar-refractivity contribution in [1.82, 2.24) is 5.32 Å². The van der Waals surface area contributed by atoms with Gasteiger partial charge in [0.1, 0.15) is 0 Å². The summed E-state index contributed by atoms with van der Waals surface area (Å²) in [5, 5.41) is 13.5. The first-order valence-corrected chi connectivity index (χ1v) is 6.27. The molecule has 0 radical (unpaired) electrons. The molecule has 14 heavy (non-hydrogen) atoms. The van der Waals surface area contributed by atoms with Crippen LogP contribution < -0.4 is 5.32 Å². The van der Waals surface area contributed by atoms with Crippen LogP contribution in [0.1, 0.15) is 44.9 Å². The van der Waals surface area contributed by atoms with Crippen molar-refractivity contribution in [3.05, 3.63) is 0 Å². The second-order valence-electron chi connectivity index (χ2n) is 5.55. The second kappa shape index (κ2) is 3.49. The lowest BCUT2D eigenvalue weighted by atomic mass is 9.94. The molecule has 3 rings (SSSR count). The zero-order valence-corrected chi connectivity index (χ0v) is 8.78. The quantitative estimate of drug-likeness (QED) is 0.702. The topological polar surface area (TPSA) is 32.3 Å². The summed E-state index contributed by atoms with van der Waals surface area (Å²) in [5.41, 5.74) is 0. The van der Waals surface area contributed by atoms with Gasteiger partial charge in [-0.2, -0.15) is 0 Å². The van der Waals surface area contributed by atoms with E-state index in [4.69, 9.17) is 0 Å². The molecule has 3 saturated carbocycles. The average Bonchev–Trinajstić information content (AvgIpc) is 2.83. The van der Waals surface area contributed by atoms with Gasteiger partial charge < -0.3 is 10.4 Å². The number of nitrogens with one attached hydrogen (secondary N) is 1. The predicted octanol–water partition coefficient (Wildman–Crippen LogP) is 1.68. The molecule has 0 aliphatic heterocycles. The Morgan fingerprint density at radius 1 is 0.929 bits per heavy atom. The molecule has 2 N–H and O–H groups in total. The minimum absolute atomic E-state index is 0.0610. The normalized spacial score (nSPS) is 51.6. The van der Waals surface area contributed by atoms with E-state index in [-0.39, 0.29) is 6.10 Å². The summed E-state index contributed by atoms with van der Waals surface area (Å²) in [4.78, 5) is 0. The molecule has 0 spiro atoms. The van der Waals surface area contributed by atoms with Crippen molar-refractivity contribution in [3.63, 3.8) is 0 Å². The molecule has 5 atom stereocenters. The number of hydrogen-bond donors (Lipinski definition) is 2. The Bertz CT molecular complexity index is 218. The van der Waals surface area contributed by atoms with Crippen LogP contribution in [0.4, 0.5) is 0 Å². The lowest BCUT2D eigenvalue weighted by molar-refractivity contribution is 0.136. The summed E-state index contributed by atoms with van der Waals surface area (Å²) >= 11 is 0. The standard InChI is InChI=1S/C12H21NO/c14-12-3-1-2-10(12)13-11-7-8-4-5-9(11)6-8/h8-14H,1-7H2/t8?,9?,10-,11?,12-/m0/s1. The minimum Gasteiger partial charge on any atom is -0.392 e. The Balaban J connectivity index is 1.57. The van der Waals surface area contributed by atoms with Crippen molar-refractivity contribution < 1.29 is 5.11 Å². The first kappa shape index (κ1) is 9.17. The van der Waals surface area contributed by atoms with Crippen molar-refractivity contribution in [2.45, 2.75) is 63.1 Å².